The topological polar surface area (TPSA) is 551 Å². The molecule has 3 aliphatic rings. The number of unbranched alkanes of at least 4 members (excludes halogenated alkanes) is 3. The second-order valence-corrected chi connectivity index (χ2v) is 33.8. The average Bonchev–Trinajstić information content (AvgIpc) is 1.63. The van der Waals surface area contributed by atoms with Gasteiger partial charge in [-0.2, -0.15) is 0 Å². The van der Waals surface area contributed by atoms with Crippen LogP contribution in [0, 0.1) is 35.5 Å². The van der Waals surface area contributed by atoms with Gasteiger partial charge in [-0.3, -0.25) is 67.1 Å². The van der Waals surface area contributed by atoms with Crippen LogP contribution in [0.5, 0.6) is 11.5 Å². The van der Waals surface area contributed by atoms with E-state index >= 15 is 19.2 Å². The van der Waals surface area contributed by atoms with Crippen molar-refractivity contribution in [3.8, 4) is 11.5 Å². The molecule has 0 spiro atoms. The van der Waals surface area contributed by atoms with Crippen molar-refractivity contribution in [3.05, 3.63) is 59.7 Å². The summed E-state index contributed by atoms with van der Waals surface area (Å²) in [7, 11) is 0. The fourth-order valence-corrected chi connectivity index (χ4v) is 14.9. The number of fused-ring (bicyclic) bond motifs is 2. The molecule has 15 amide bonds. The number of aromatic hydroxyl groups is 2. The number of rotatable bonds is 27. The van der Waals surface area contributed by atoms with Crippen LogP contribution >= 0.6 is 0 Å². The minimum atomic E-state index is -1.80. The van der Waals surface area contributed by atoms with E-state index in [2.05, 4.69) is 63.8 Å². The summed E-state index contributed by atoms with van der Waals surface area (Å²) >= 11 is 0. The lowest BCUT2D eigenvalue weighted by atomic mass is 9.93. The number of carbonyl (C=O) groups excluding carboxylic acids is 15. The number of nitrogens with two attached hydrogens (primary N) is 4. The maximum atomic E-state index is 15.3. The Morgan fingerprint density at radius 1 is 0.381 bits per heavy atom. The molecule has 118 heavy (non-hydrogen) atoms. The SMILES string of the molecule is CC(C)C[C@@H]1NC(=O)[C@H](CCCCN)NC(=O)[C@H](C(C)C)NC(=O)[C@H](CCCCN)NC(=O)[C@H](CC(C)C)NC(=O)[C@@H]2CCCN2C(=O)[C@@H](Cc2cccc(O)c2)NC(=O)[C@H](C(C)C)NC(=O)[C@H](CC(N)=O)NC(=O)N[C@@H](CC(C)C)C(=O)[C@H](CCCCN)NC(=O)[C@H](C(C)C)NC(=O)[C@@H]2CCCN2C(=O)[C@H](Cc2ccc(O)cc2)NC1=O. The molecule has 3 aliphatic heterocycles. The van der Waals surface area contributed by atoms with Crippen molar-refractivity contribution in [3.63, 3.8) is 0 Å². The summed E-state index contributed by atoms with van der Waals surface area (Å²) < 4.78 is 0. The second kappa shape index (κ2) is 48.8. The highest BCUT2D eigenvalue weighted by molar-refractivity contribution is 6.02. The third kappa shape index (κ3) is 31.4. The lowest BCUT2D eigenvalue weighted by Crippen LogP contribution is -2.62. The highest BCUT2D eigenvalue weighted by Crippen LogP contribution is 2.26. The van der Waals surface area contributed by atoms with Gasteiger partial charge in [0.2, 0.25) is 76.8 Å². The average molecular weight is 1660 g/mol. The number of ketones is 1. The third-order valence-electron chi connectivity index (χ3n) is 21.2. The van der Waals surface area contributed by atoms with E-state index in [9.17, 15) is 63.0 Å². The van der Waals surface area contributed by atoms with E-state index < -0.39 is 197 Å². The number of urea groups is 1. The summed E-state index contributed by atoms with van der Waals surface area (Å²) in [6.07, 6.45) is 1.79. The maximum absolute atomic E-state index is 15.3. The van der Waals surface area contributed by atoms with Crippen molar-refractivity contribution < 1.29 is 82.1 Å². The first kappa shape index (κ1) is 98.5. The minimum Gasteiger partial charge on any atom is -0.508 e. The minimum absolute atomic E-state index is 0.000347. The fraction of sp³-hybridized carbons (Fsp3) is 0.675. The van der Waals surface area contributed by atoms with E-state index in [0.717, 1.165) is 0 Å². The number of nitrogens with one attached hydrogen (secondary N) is 12. The van der Waals surface area contributed by atoms with E-state index in [4.69, 9.17) is 22.9 Å². The summed E-state index contributed by atoms with van der Waals surface area (Å²) in [5.74, 6) is -14.6. The maximum Gasteiger partial charge on any atom is 0.316 e. The van der Waals surface area contributed by atoms with Crippen molar-refractivity contribution in [2.24, 2.45) is 58.4 Å². The predicted molar refractivity (Wildman–Crippen MR) is 442 cm³/mol. The Balaban J connectivity index is 1.65. The van der Waals surface area contributed by atoms with Crippen LogP contribution in [0.25, 0.3) is 0 Å². The number of phenols is 2. The molecule has 3 fully saturated rings. The Hall–Kier alpha value is -10.0. The van der Waals surface area contributed by atoms with Crippen molar-refractivity contribution >= 4 is 88.6 Å². The molecule has 0 saturated carbocycles. The lowest BCUT2D eigenvalue weighted by molar-refractivity contribution is -0.143. The van der Waals surface area contributed by atoms with Crippen LogP contribution in [-0.4, -0.2) is 226 Å². The lowest BCUT2D eigenvalue weighted by Gasteiger charge is -2.32. The smallest absolute Gasteiger partial charge is 0.316 e. The van der Waals surface area contributed by atoms with Crippen LogP contribution in [-0.2, 0) is 80.0 Å². The Bertz CT molecular complexity index is 3730. The van der Waals surface area contributed by atoms with Gasteiger partial charge in [0, 0.05) is 25.9 Å². The summed E-state index contributed by atoms with van der Waals surface area (Å²) in [6.45, 7) is 21.2. The quantitative estimate of drug-likeness (QED) is 0.0547. The summed E-state index contributed by atoms with van der Waals surface area (Å²) in [5.41, 5.74) is 24.3. The van der Waals surface area contributed by atoms with Gasteiger partial charge in [-0.15, -0.1) is 0 Å². The molecule has 0 radical (unpaired) electrons. The highest BCUT2D eigenvalue weighted by Gasteiger charge is 2.45. The van der Waals surface area contributed by atoms with Crippen LogP contribution in [0.15, 0.2) is 48.5 Å². The summed E-state index contributed by atoms with van der Waals surface area (Å²) in [4.78, 5) is 224. The van der Waals surface area contributed by atoms with E-state index in [1.807, 2.05) is 13.8 Å². The predicted octanol–water partition coefficient (Wildman–Crippen LogP) is 0.701. The molecule has 3 saturated heterocycles. The van der Waals surface area contributed by atoms with Crippen LogP contribution < -0.4 is 86.7 Å². The van der Waals surface area contributed by atoms with Crippen molar-refractivity contribution in [1.82, 2.24) is 73.6 Å². The first-order valence-corrected chi connectivity index (χ1v) is 42.0. The number of hydrogen-bond donors (Lipinski definition) is 18. The number of carbonyl (C=O) groups is 15. The van der Waals surface area contributed by atoms with Crippen LogP contribution in [0.1, 0.15) is 203 Å². The molecule has 2 aromatic rings. The molecular weight excluding hydrogens is 1520 g/mol. The second-order valence-electron chi connectivity index (χ2n) is 33.8. The standard InChI is InChI=1S/C83H134N18O17/c1-45(2)38-58-70(105)55(24-13-16-33-84)88-78(113)69(50(11)12)99-77(112)65-28-21-37-101(65)81(116)62(42-51-29-31-53(102)32-30-51)93-74(109)59(39-46(3)4)91-71(106)56(25-14-17-34-85)90-79(114)67(48(7)8)97-72(107)57(26-15-18-35-86)89-73(108)60(40-47(5)6)92-76(111)64-27-20-36-100(64)82(117)63(43-52-22-19-23-54(103)41-52)94-80(115)68(49(9)10)98-75(110)61(44-66(87)104)96-83(118)95-58/h19,22-23,29-32,41,45-50,55-65,67-69,102-103H,13-18,20-21,24-28,33-40,42-44,84-86H2,1-12H3,(H2,87,104)(H,88,113)(H,89,108)(H,90,114)(H,91,106)(H,92,111)(H,93,109)(H,94,115)(H,97,107)(H,98,110)(H,99,112)(H2,95,96,118)/t55-,56-,57-,58-,59-,60-,61-,62-,63+,64-,65-,67-,68-,69-/m0/s1. The molecule has 14 atom stereocenters. The third-order valence-corrected chi connectivity index (χ3v) is 21.2. The number of nitrogens with zero attached hydrogens (tertiary/aromatic N) is 2. The summed E-state index contributed by atoms with van der Waals surface area (Å²) in [6, 6.07) is -8.79. The molecule has 0 aliphatic carbocycles. The molecule has 658 valence electrons. The Morgan fingerprint density at radius 2 is 0.729 bits per heavy atom. The number of primary amides is 1. The van der Waals surface area contributed by atoms with Gasteiger partial charge >= 0.3 is 6.03 Å². The number of amides is 15. The van der Waals surface area contributed by atoms with Crippen molar-refractivity contribution in [1.29, 1.82) is 0 Å². The zero-order valence-electron chi connectivity index (χ0n) is 70.9. The van der Waals surface area contributed by atoms with Gasteiger partial charge in [0.05, 0.1) is 18.5 Å². The van der Waals surface area contributed by atoms with E-state index in [1.54, 1.807) is 87.4 Å². The van der Waals surface area contributed by atoms with Gasteiger partial charge in [-0.25, -0.2) is 4.79 Å². The molecule has 35 heteroatoms. The molecular formula is C83H134N18O17. The number of benzene rings is 2. The van der Waals surface area contributed by atoms with Crippen LogP contribution in [0.3, 0.4) is 0 Å². The molecule has 5 rings (SSSR count). The van der Waals surface area contributed by atoms with Gasteiger partial charge in [0.25, 0.3) is 0 Å². The normalized spacial score (nSPS) is 25.7. The van der Waals surface area contributed by atoms with Gasteiger partial charge in [-0.1, -0.05) is 107 Å². The van der Waals surface area contributed by atoms with Gasteiger partial charge in [0.15, 0.2) is 5.78 Å². The largest absolute Gasteiger partial charge is 0.508 e. The first-order valence-electron chi connectivity index (χ1n) is 42.0. The van der Waals surface area contributed by atoms with Crippen molar-refractivity contribution in [2.45, 2.75) is 290 Å². The molecule has 3 heterocycles. The molecule has 0 bridgehead atoms. The van der Waals surface area contributed by atoms with E-state index in [0.29, 0.717) is 56.1 Å². The van der Waals surface area contributed by atoms with E-state index in [1.165, 1.54) is 40.1 Å². The Kier molecular flexibility index (Phi) is 40.7. The molecule has 0 unspecified atom stereocenters. The van der Waals surface area contributed by atoms with Gasteiger partial charge in [0.1, 0.15) is 84.0 Å². The van der Waals surface area contributed by atoms with Crippen LogP contribution in [0.4, 0.5) is 4.79 Å². The van der Waals surface area contributed by atoms with Gasteiger partial charge in [-0.05, 0) is 193 Å². The summed E-state index contributed by atoms with van der Waals surface area (Å²) in [5, 5.41) is 53.9. The fourth-order valence-electron chi connectivity index (χ4n) is 14.9. The van der Waals surface area contributed by atoms with E-state index in [-0.39, 0.29) is 133 Å². The zero-order chi connectivity index (χ0) is 87.8. The number of phenolic OH excluding ortho intramolecular Hbond substituents is 2. The molecule has 35 nitrogen and oxygen atoms in total. The number of hydrogen-bond acceptors (Lipinski definition) is 20. The monoisotopic (exact) mass is 1660 g/mol. The van der Waals surface area contributed by atoms with Crippen LogP contribution in [0.2, 0.25) is 0 Å². The van der Waals surface area contributed by atoms with Crippen molar-refractivity contribution in [2.75, 3.05) is 32.7 Å². The molecule has 2 aromatic carbocycles. The first-order chi connectivity index (χ1) is 55.8. The zero-order valence-corrected chi connectivity index (χ0v) is 70.9. The molecule has 0 aromatic heterocycles. The Labute approximate surface area is 693 Å². The highest BCUT2D eigenvalue weighted by atomic mass is 16.3. The molecule has 22 N–H and O–H groups in total. The number of Topliss-reactive ketones (excluding diaryl/α,β-unsaturated/α-hetero) is 1. The Morgan fingerprint density at radius 3 is 1.16 bits per heavy atom. The van der Waals surface area contributed by atoms with Gasteiger partial charge < -0.3 is 107 Å².